The first kappa shape index (κ1) is 24.0. The SMILES string of the molecule is CCOC(=O)CNC(=O)N1Cc2ccccc2N(C(=O)c2ccc(-n3cccn3)cc2C)C[C@H]1C. The minimum absolute atomic E-state index is 0.136. The highest BCUT2D eigenvalue weighted by molar-refractivity contribution is 6.07. The Bertz CT molecular complexity index is 1220. The fourth-order valence-corrected chi connectivity index (χ4v) is 4.23. The van der Waals surface area contributed by atoms with E-state index < -0.39 is 5.97 Å². The molecule has 1 aromatic heterocycles. The van der Waals surface area contributed by atoms with Crippen LogP contribution in [0.5, 0.6) is 0 Å². The second kappa shape index (κ2) is 10.4. The number of hydrogen-bond donors (Lipinski definition) is 1. The maximum Gasteiger partial charge on any atom is 0.325 e. The van der Waals surface area contributed by atoms with Crippen molar-refractivity contribution < 1.29 is 19.1 Å². The molecule has 0 bridgehead atoms. The van der Waals surface area contributed by atoms with Crippen LogP contribution in [0.4, 0.5) is 10.5 Å². The van der Waals surface area contributed by atoms with Gasteiger partial charge in [-0.1, -0.05) is 18.2 Å². The molecule has 0 fully saturated rings. The number of aromatic nitrogens is 2. The van der Waals surface area contributed by atoms with Gasteiger partial charge in [0.05, 0.1) is 12.3 Å². The molecule has 1 atom stereocenters. The molecule has 1 aliphatic rings. The third kappa shape index (κ3) is 5.18. The molecule has 0 spiro atoms. The van der Waals surface area contributed by atoms with Crippen molar-refractivity contribution in [3.63, 3.8) is 0 Å². The number of benzene rings is 2. The lowest BCUT2D eigenvalue weighted by atomic mass is 10.0. The summed E-state index contributed by atoms with van der Waals surface area (Å²) in [6.07, 6.45) is 3.56. The number of aryl methyl sites for hydroxylation is 1. The van der Waals surface area contributed by atoms with E-state index in [1.54, 1.807) is 27.6 Å². The highest BCUT2D eigenvalue weighted by Gasteiger charge is 2.32. The minimum atomic E-state index is -0.491. The molecule has 35 heavy (non-hydrogen) atoms. The van der Waals surface area contributed by atoms with Crippen molar-refractivity contribution in [2.45, 2.75) is 33.4 Å². The van der Waals surface area contributed by atoms with Gasteiger partial charge in [0.2, 0.25) is 0 Å². The van der Waals surface area contributed by atoms with Gasteiger partial charge in [-0.3, -0.25) is 9.59 Å². The van der Waals surface area contributed by atoms with Crippen LogP contribution in [0, 0.1) is 6.92 Å². The molecular weight excluding hydrogens is 446 g/mol. The molecule has 1 aliphatic heterocycles. The highest BCUT2D eigenvalue weighted by Crippen LogP contribution is 2.29. The summed E-state index contributed by atoms with van der Waals surface area (Å²) in [5, 5.41) is 6.89. The van der Waals surface area contributed by atoms with Crippen molar-refractivity contribution in [1.82, 2.24) is 20.0 Å². The Morgan fingerprint density at radius 2 is 1.94 bits per heavy atom. The van der Waals surface area contributed by atoms with E-state index in [1.807, 2.05) is 68.6 Å². The first-order valence-corrected chi connectivity index (χ1v) is 11.6. The molecule has 0 saturated heterocycles. The molecule has 2 aromatic carbocycles. The number of nitrogens with zero attached hydrogens (tertiary/aromatic N) is 4. The number of hydrogen-bond acceptors (Lipinski definition) is 5. The molecule has 4 rings (SSSR count). The maximum atomic E-state index is 13.8. The summed E-state index contributed by atoms with van der Waals surface area (Å²) < 4.78 is 6.64. The number of urea groups is 1. The summed E-state index contributed by atoms with van der Waals surface area (Å²) in [6, 6.07) is 14.4. The van der Waals surface area contributed by atoms with E-state index in [1.165, 1.54) is 0 Å². The normalized spacial score (nSPS) is 15.2. The number of amides is 3. The maximum absolute atomic E-state index is 13.8. The van der Waals surface area contributed by atoms with Gasteiger partial charge in [0.25, 0.3) is 5.91 Å². The Hall–Kier alpha value is -4.14. The lowest BCUT2D eigenvalue weighted by molar-refractivity contribution is -0.141. The van der Waals surface area contributed by atoms with Crippen LogP contribution in [0.2, 0.25) is 0 Å². The van der Waals surface area contributed by atoms with Gasteiger partial charge < -0.3 is 19.9 Å². The Morgan fingerprint density at radius 3 is 2.66 bits per heavy atom. The number of ether oxygens (including phenoxy) is 1. The van der Waals surface area contributed by atoms with Gasteiger partial charge in [0, 0.05) is 42.8 Å². The molecule has 9 nitrogen and oxygen atoms in total. The predicted molar refractivity (Wildman–Crippen MR) is 131 cm³/mol. The van der Waals surface area contributed by atoms with Crippen molar-refractivity contribution in [3.8, 4) is 5.69 Å². The summed E-state index contributed by atoms with van der Waals surface area (Å²) in [5.74, 6) is -0.628. The monoisotopic (exact) mass is 475 g/mol. The number of carbonyl (C=O) groups excluding carboxylic acids is 3. The van der Waals surface area contributed by atoms with E-state index in [4.69, 9.17) is 4.74 Å². The topological polar surface area (TPSA) is 96.8 Å². The Balaban J connectivity index is 1.59. The summed E-state index contributed by atoms with van der Waals surface area (Å²) in [6.45, 7) is 6.18. The first-order chi connectivity index (χ1) is 16.9. The number of rotatable bonds is 5. The van der Waals surface area contributed by atoms with Gasteiger partial charge in [0.15, 0.2) is 0 Å². The third-order valence-corrected chi connectivity index (χ3v) is 6.01. The van der Waals surface area contributed by atoms with E-state index in [2.05, 4.69) is 10.4 Å². The fourth-order valence-electron chi connectivity index (χ4n) is 4.23. The smallest absolute Gasteiger partial charge is 0.325 e. The number of carbonyl (C=O) groups is 3. The number of fused-ring (bicyclic) bond motifs is 1. The van der Waals surface area contributed by atoms with Crippen molar-refractivity contribution >= 4 is 23.6 Å². The quantitative estimate of drug-likeness (QED) is 0.571. The van der Waals surface area contributed by atoms with Gasteiger partial charge in [-0.2, -0.15) is 5.10 Å². The molecule has 3 amide bonds. The minimum Gasteiger partial charge on any atom is -0.465 e. The van der Waals surface area contributed by atoms with Crippen LogP contribution in [0.15, 0.2) is 60.9 Å². The molecule has 9 heteroatoms. The van der Waals surface area contributed by atoms with Crippen molar-refractivity contribution in [3.05, 3.63) is 77.6 Å². The van der Waals surface area contributed by atoms with Crippen LogP contribution >= 0.6 is 0 Å². The van der Waals surface area contributed by atoms with Crippen LogP contribution < -0.4 is 10.2 Å². The molecular formula is C26H29N5O4. The summed E-state index contributed by atoms with van der Waals surface area (Å²) in [4.78, 5) is 41.8. The molecule has 3 aromatic rings. The molecule has 0 aliphatic carbocycles. The third-order valence-electron chi connectivity index (χ3n) is 6.01. The zero-order valence-electron chi connectivity index (χ0n) is 20.1. The Kier molecular flexibility index (Phi) is 7.14. The summed E-state index contributed by atoms with van der Waals surface area (Å²) in [5.41, 5.74) is 3.91. The van der Waals surface area contributed by atoms with Crippen molar-refractivity contribution in [1.29, 1.82) is 0 Å². The number of anilines is 1. The molecule has 0 unspecified atom stereocenters. The predicted octanol–water partition coefficient (Wildman–Crippen LogP) is 3.30. The Labute approximate surface area is 204 Å². The average molecular weight is 476 g/mol. The van der Waals surface area contributed by atoms with Gasteiger partial charge in [-0.15, -0.1) is 0 Å². The molecule has 182 valence electrons. The van der Waals surface area contributed by atoms with Gasteiger partial charge in [-0.05, 0) is 62.2 Å². The molecule has 2 heterocycles. The lowest BCUT2D eigenvalue weighted by Crippen LogP contribution is -2.49. The zero-order chi connectivity index (χ0) is 24.9. The zero-order valence-corrected chi connectivity index (χ0v) is 20.1. The second-order valence-electron chi connectivity index (χ2n) is 8.43. The van der Waals surface area contributed by atoms with Crippen LogP contribution in [-0.4, -0.2) is 58.3 Å². The fraction of sp³-hybridized carbons (Fsp3) is 0.308. The molecule has 0 saturated carbocycles. The second-order valence-corrected chi connectivity index (χ2v) is 8.43. The highest BCUT2D eigenvalue weighted by atomic mass is 16.5. The molecule has 0 radical (unpaired) electrons. The van der Waals surface area contributed by atoms with E-state index in [-0.39, 0.29) is 31.1 Å². The van der Waals surface area contributed by atoms with Crippen molar-refractivity contribution in [2.75, 3.05) is 24.6 Å². The van der Waals surface area contributed by atoms with Crippen LogP contribution in [-0.2, 0) is 16.1 Å². The number of nitrogens with one attached hydrogen (secondary N) is 1. The first-order valence-electron chi connectivity index (χ1n) is 11.6. The van der Waals surface area contributed by atoms with E-state index in [0.29, 0.717) is 18.7 Å². The van der Waals surface area contributed by atoms with Crippen LogP contribution in [0.3, 0.4) is 0 Å². The largest absolute Gasteiger partial charge is 0.465 e. The van der Waals surface area contributed by atoms with E-state index in [0.717, 1.165) is 22.5 Å². The van der Waals surface area contributed by atoms with E-state index in [9.17, 15) is 14.4 Å². The summed E-state index contributed by atoms with van der Waals surface area (Å²) in [7, 11) is 0. The molecule has 1 N–H and O–H groups in total. The van der Waals surface area contributed by atoms with E-state index >= 15 is 0 Å². The van der Waals surface area contributed by atoms with Crippen LogP contribution in [0.25, 0.3) is 5.69 Å². The van der Waals surface area contributed by atoms with Crippen molar-refractivity contribution in [2.24, 2.45) is 0 Å². The number of esters is 1. The van der Waals surface area contributed by atoms with Crippen LogP contribution in [0.1, 0.15) is 35.3 Å². The average Bonchev–Trinajstić information content (AvgIpc) is 3.34. The summed E-state index contributed by atoms with van der Waals surface area (Å²) >= 11 is 0. The van der Waals surface area contributed by atoms with Gasteiger partial charge >= 0.3 is 12.0 Å². The van der Waals surface area contributed by atoms with Gasteiger partial charge in [-0.25, -0.2) is 9.48 Å². The standard InChI is InChI=1S/C26H29N5O4/c1-4-35-24(32)15-27-26(34)29-17-20-8-5-6-9-23(20)30(16-19(29)3)25(33)22-11-10-21(14-18(22)2)31-13-7-12-28-31/h5-14,19H,4,15-17H2,1-3H3,(H,27,34)/t19-/m1/s1. The van der Waals surface area contributed by atoms with Gasteiger partial charge in [0.1, 0.15) is 6.54 Å². The lowest BCUT2D eigenvalue weighted by Gasteiger charge is -2.29. The number of para-hydroxylation sites is 1. The Morgan fingerprint density at radius 1 is 1.14 bits per heavy atom.